The molecule has 24 heavy (non-hydrogen) atoms. The lowest BCUT2D eigenvalue weighted by atomic mass is 10.2. The van der Waals surface area contributed by atoms with Crippen molar-refractivity contribution in [1.82, 2.24) is 0 Å². The van der Waals surface area contributed by atoms with Crippen molar-refractivity contribution in [2.45, 2.75) is 0 Å². The van der Waals surface area contributed by atoms with Crippen molar-refractivity contribution in [3.05, 3.63) is 78.6 Å². The number of hydrogen-bond acceptors (Lipinski definition) is 3. The van der Waals surface area contributed by atoms with Crippen LogP contribution in [0, 0.1) is 5.82 Å². The Labute approximate surface area is 140 Å². The van der Waals surface area contributed by atoms with Crippen molar-refractivity contribution in [2.24, 2.45) is 0 Å². The van der Waals surface area contributed by atoms with E-state index in [0.717, 1.165) is 28.6 Å². The van der Waals surface area contributed by atoms with E-state index in [1.165, 1.54) is 12.1 Å². The van der Waals surface area contributed by atoms with Crippen molar-refractivity contribution in [3.8, 4) is 11.5 Å². The summed E-state index contributed by atoms with van der Waals surface area (Å²) in [4.78, 5) is 2.04. The van der Waals surface area contributed by atoms with Gasteiger partial charge in [0.05, 0.1) is 14.2 Å². The molecule has 0 aliphatic carbocycles. The van der Waals surface area contributed by atoms with Gasteiger partial charge in [0, 0.05) is 17.1 Å². The molecule has 3 rings (SSSR count). The number of methoxy groups -OCH3 is 2. The average molecular weight is 323 g/mol. The van der Waals surface area contributed by atoms with Crippen molar-refractivity contribution in [2.75, 3.05) is 19.1 Å². The third kappa shape index (κ3) is 3.33. The summed E-state index contributed by atoms with van der Waals surface area (Å²) < 4.78 is 23.7. The van der Waals surface area contributed by atoms with E-state index < -0.39 is 0 Å². The summed E-state index contributed by atoms with van der Waals surface area (Å²) in [5.41, 5.74) is 2.77. The molecule has 0 N–H and O–H groups in total. The standard InChI is InChI=1S/C20H18FNO2/c1-23-19-11-7-17(8-12-19)22(16-5-3-15(21)4-6-16)18-9-13-20(24-2)14-10-18/h3-14H,1-2H3. The molecule has 4 heteroatoms. The van der Waals surface area contributed by atoms with Crippen LogP contribution in [-0.4, -0.2) is 14.2 Å². The Hall–Kier alpha value is -3.01. The van der Waals surface area contributed by atoms with E-state index in [-0.39, 0.29) is 5.82 Å². The van der Waals surface area contributed by atoms with Gasteiger partial charge in [-0.3, -0.25) is 0 Å². The van der Waals surface area contributed by atoms with Crippen molar-refractivity contribution in [1.29, 1.82) is 0 Å². The number of hydrogen-bond donors (Lipinski definition) is 0. The Morgan fingerprint density at radius 3 is 1.25 bits per heavy atom. The van der Waals surface area contributed by atoms with E-state index in [4.69, 9.17) is 9.47 Å². The minimum absolute atomic E-state index is 0.261. The second-order valence-electron chi connectivity index (χ2n) is 5.21. The molecule has 0 atom stereocenters. The van der Waals surface area contributed by atoms with Gasteiger partial charge in [0.25, 0.3) is 0 Å². The Morgan fingerprint density at radius 1 is 0.583 bits per heavy atom. The predicted octanol–water partition coefficient (Wildman–Crippen LogP) is 5.31. The maximum Gasteiger partial charge on any atom is 0.123 e. The summed E-state index contributed by atoms with van der Waals surface area (Å²) in [6.45, 7) is 0. The molecule has 0 aliphatic heterocycles. The maximum absolute atomic E-state index is 13.3. The lowest BCUT2D eigenvalue weighted by Gasteiger charge is -2.25. The minimum atomic E-state index is -0.261. The predicted molar refractivity (Wildman–Crippen MR) is 94.2 cm³/mol. The highest BCUT2D eigenvalue weighted by Crippen LogP contribution is 2.35. The van der Waals surface area contributed by atoms with Crippen LogP contribution in [0.5, 0.6) is 11.5 Å². The largest absolute Gasteiger partial charge is 0.497 e. The quantitative estimate of drug-likeness (QED) is 0.635. The Balaban J connectivity index is 2.06. The monoisotopic (exact) mass is 323 g/mol. The van der Waals surface area contributed by atoms with E-state index in [2.05, 4.69) is 0 Å². The Bertz CT molecular complexity index is 736. The zero-order chi connectivity index (χ0) is 16.9. The SMILES string of the molecule is COc1ccc(N(c2ccc(F)cc2)c2ccc(OC)cc2)cc1. The highest BCUT2D eigenvalue weighted by atomic mass is 19.1. The van der Waals surface area contributed by atoms with E-state index in [9.17, 15) is 4.39 Å². The van der Waals surface area contributed by atoms with Crippen molar-refractivity contribution in [3.63, 3.8) is 0 Å². The Morgan fingerprint density at radius 2 is 0.917 bits per heavy atom. The third-order valence-corrected chi connectivity index (χ3v) is 3.75. The number of ether oxygens (including phenoxy) is 2. The fourth-order valence-electron chi connectivity index (χ4n) is 2.50. The number of anilines is 3. The molecule has 0 saturated carbocycles. The van der Waals surface area contributed by atoms with Gasteiger partial charge in [-0.1, -0.05) is 0 Å². The summed E-state index contributed by atoms with van der Waals surface area (Å²) in [6.07, 6.45) is 0. The molecular weight excluding hydrogens is 305 g/mol. The molecule has 3 nitrogen and oxygen atoms in total. The fraction of sp³-hybridized carbons (Fsp3) is 0.100. The van der Waals surface area contributed by atoms with Gasteiger partial charge in [0.15, 0.2) is 0 Å². The first-order valence-corrected chi connectivity index (χ1v) is 7.55. The fourth-order valence-corrected chi connectivity index (χ4v) is 2.50. The molecule has 3 aromatic rings. The van der Waals surface area contributed by atoms with Crippen molar-refractivity contribution >= 4 is 17.1 Å². The molecular formula is C20H18FNO2. The highest BCUT2D eigenvalue weighted by molar-refractivity contribution is 5.76. The number of rotatable bonds is 5. The van der Waals surface area contributed by atoms with Crippen LogP contribution in [0.15, 0.2) is 72.8 Å². The van der Waals surface area contributed by atoms with E-state index in [1.807, 2.05) is 53.4 Å². The molecule has 0 radical (unpaired) electrons. The van der Waals surface area contributed by atoms with Gasteiger partial charge in [-0.05, 0) is 72.8 Å². The first-order chi connectivity index (χ1) is 11.7. The van der Waals surface area contributed by atoms with Crippen LogP contribution in [0.1, 0.15) is 0 Å². The lowest BCUT2D eigenvalue weighted by molar-refractivity contribution is 0.415. The van der Waals surface area contributed by atoms with E-state index >= 15 is 0 Å². The van der Waals surface area contributed by atoms with Crippen LogP contribution in [0.2, 0.25) is 0 Å². The van der Waals surface area contributed by atoms with Gasteiger partial charge < -0.3 is 14.4 Å². The molecule has 0 aromatic heterocycles. The zero-order valence-electron chi connectivity index (χ0n) is 13.6. The smallest absolute Gasteiger partial charge is 0.123 e. The molecule has 0 aliphatic rings. The third-order valence-electron chi connectivity index (χ3n) is 3.75. The second kappa shape index (κ2) is 7.04. The van der Waals surface area contributed by atoms with Crippen LogP contribution in [0.25, 0.3) is 0 Å². The molecule has 0 bridgehead atoms. The molecule has 0 saturated heterocycles. The number of halogens is 1. The van der Waals surface area contributed by atoms with Crippen LogP contribution in [0.4, 0.5) is 21.5 Å². The molecule has 3 aromatic carbocycles. The molecule has 0 unspecified atom stereocenters. The van der Waals surface area contributed by atoms with E-state index in [1.54, 1.807) is 26.4 Å². The summed E-state index contributed by atoms with van der Waals surface area (Å²) >= 11 is 0. The van der Waals surface area contributed by atoms with Gasteiger partial charge in [0.1, 0.15) is 17.3 Å². The summed E-state index contributed by atoms with van der Waals surface area (Å²) in [7, 11) is 3.27. The normalized spacial score (nSPS) is 10.3. The van der Waals surface area contributed by atoms with Gasteiger partial charge in [0.2, 0.25) is 0 Å². The molecule has 0 amide bonds. The Kier molecular flexibility index (Phi) is 4.66. The van der Waals surface area contributed by atoms with Gasteiger partial charge >= 0.3 is 0 Å². The molecule has 0 heterocycles. The summed E-state index contributed by atoms with van der Waals surface area (Å²) in [5.74, 6) is 1.31. The van der Waals surface area contributed by atoms with Crippen LogP contribution in [0.3, 0.4) is 0 Å². The first-order valence-electron chi connectivity index (χ1n) is 7.55. The first kappa shape index (κ1) is 15.9. The topological polar surface area (TPSA) is 21.7 Å². The number of nitrogens with zero attached hydrogens (tertiary/aromatic N) is 1. The maximum atomic E-state index is 13.3. The minimum Gasteiger partial charge on any atom is -0.497 e. The van der Waals surface area contributed by atoms with E-state index in [0.29, 0.717) is 0 Å². The molecule has 122 valence electrons. The zero-order valence-corrected chi connectivity index (χ0v) is 13.6. The molecule has 0 spiro atoms. The van der Waals surface area contributed by atoms with Crippen LogP contribution < -0.4 is 14.4 Å². The molecule has 0 fully saturated rings. The average Bonchev–Trinajstić information content (AvgIpc) is 2.64. The lowest BCUT2D eigenvalue weighted by Crippen LogP contribution is -2.09. The van der Waals surface area contributed by atoms with Gasteiger partial charge in [-0.2, -0.15) is 0 Å². The van der Waals surface area contributed by atoms with Gasteiger partial charge in [-0.25, -0.2) is 4.39 Å². The number of benzene rings is 3. The van der Waals surface area contributed by atoms with Gasteiger partial charge in [-0.15, -0.1) is 0 Å². The highest BCUT2D eigenvalue weighted by Gasteiger charge is 2.12. The van der Waals surface area contributed by atoms with Crippen LogP contribution in [-0.2, 0) is 0 Å². The summed E-state index contributed by atoms with van der Waals surface area (Å²) in [5, 5.41) is 0. The summed E-state index contributed by atoms with van der Waals surface area (Å²) in [6, 6.07) is 21.9. The van der Waals surface area contributed by atoms with Crippen LogP contribution >= 0.6 is 0 Å². The van der Waals surface area contributed by atoms with Crippen molar-refractivity contribution < 1.29 is 13.9 Å². The second-order valence-corrected chi connectivity index (χ2v) is 5.21.